The van der Waals surface area contributed by atoms with Crippen LogP contribution < -0.4 is 0 Å². The minimum Gasteiger partial charge on any atom is -0.444 e. The summed E-state index contributed by atoms with van der Waals surface area (Å²) in [7, 11) is 0. The molecule has 1 saturated heterocycles. The van der Waals surface area contributed by atoms with Gasteiger partial charge in [-0.25, -0.2) is 4.79 Å². The van der Waals surface area contributed by atoms with Crippen LogP contribution in [0.25, 0.3) is 0 Å². The number of carbonyl (C=O) groups excluding carboxylic acids is 1. The molecule has 0 radical (unpaired) electrons. The number of hydrogen-bond donors (Lipinski definition) is 0. The Balaban J connectivity index is 2.14. The predicted molar refractivity (Wildman–Crippen MR) is 72.6 cm³/mol. The van der Waals surface area contributed by atoms with Crippen molar-refractivity contribution < 1.29 is 9.53 Å². The average molecular weight is 253 g/mol. The highest BCUT2D eigenvalue weighted by Gasteiger charge is 2.48. The molecule has 2 rings (SSSR count). The van der Waals surface area contributed by atoms with Crippen molar-refractivity contribution in [3.8, 4) is 0 Å². The molecule has 2 aliphatic rings. The van der Waals surface area contributed by atoms with Crippen molar-refractivity contribution in [2.24, 2.45) is 0 Å². The van der Waals surface area contributed by atoms with E-state index in [0.29, 0.717) is 6.04 Å². The SMILES string of the molecule is CC1CCC2(CCCCC2)N1C(=O)OC(C)(C)C. The highest BCUT2D eigenvalue weighted by molar-refractivity contribution is 5.70. The second kappa shape index (κ2) is 4.75. The smallest absolute Gasteiger partial charge is 0.410 e. The van der Waals surface area contributed by atoms with Gasteiger partial charge in [-0.05, 0) is 53.4 Å². The second-order valence-corrected chi connectivity index (χ2v) is 7.02. The molecule has 1 atom stereocenters. The Bertz CT molecular complexity index is 307. The van der Waals surface area contributed by atoms with Crippen LogP contribution in [0.4, 0.5) is 4.79 Å². The summed E-state index contributed by atoms with van der Waals surface area (Å²) >= 11 is 0. The molecule has 0 N–H and O–H groups in total. The normalized spacial score (nSPS) is 27.6. The molecule has 2 fully saturated rings. The Morgan fingerprint density at radius 3 is 2.33 bits per heavy atom. The number of likely N-dealkylation sites (tertiary alicyclic amines) is 1. The number of carbonyl (C=O) groups is 1. The van der Waals surface area contributed by atoms with Crippen molar-refractivity contribution in [3.63, 3.8) is 0 Å². The summed E-state index contributed by atoms with van der Waals surface area (Å²) in [6, 6.07) is 0.331. The van der Waals surface area contributed by atoms with Gasteiger partial charge in [0.1, 0.15) is 5.60 Å². The predicted octanol–water partition coefficient (Wildman–Crippen LogP) is 4.11. The van der Waals surface area contributed by atoms with Crippen LogP contribution in [-0.2, 0) is 4.74 Å². The molecule has 1 spiro atoms. The maximum Gasteiger partial charge on any atom is 0.410 e. The molecule has 1 unspecified atom stereocenters. The first-order valence-corrected chi connectivity index (χ1v) is 7.36. The standard InChI is InChI=1S/C15H27NO2/c1-12-8-11-15(9-6-5-7-10-15)16(12)13(17)18-14(2,3)4/h12H,5-11H2,1-4H3. The first-order valence-electron chi connectivity index (χ1n) is 7.36. The first kappa shape index (κ1) is 13.7. The third-order valence-electron chi connectivity index (χ3n) is 4.35. The molecule has 3 nitrogen and oxygen atoms in total. The lowest BCUT2D eigenvalue weighted by Gasteiger charge is -2.43. The molecule has 0 aromatic rings. The van der Waals surface area contributed by atoms with Crippen LogP contribution in [0.1, 0.15) is 72.6 Å². The molecule has 3 heteroatoms. The third kappa shape index (κ3) is 2.65. The summed E-state index contributed by atoms with van der Waals surface area (Å²) in [6.45, 7) is 7.99. The molecule has 1 saturated carbocycles. The van der Waals surface area contributed by atoms with Gasteiger partial charge in [0.25, 0.3) is 0 Å². The molecule has 1 aliphatic carbocycles. The quantitative estimate of drug-likeness (QED) is 0.650. The Morgan fingerprint density at radius 1 is 1.17 bits per heavy atom. The Hall–Kier alpha value is -0.730. The van der Waals surface area contributed by atoms with Gasteiger partial charge >= 0.3 is 6.09 Å². The molecule has 104 valence electrons. The van der Waals surface area contributed by atoms with Gasteiger partial charge in [0.15, 0.2) is 0 Å². The van der Waals surface area contributed by atoms with Crippen molar-refractivity contribution in [1.82, 2.24) is 4.90 Å². The zero-order valence-corrected chi connectivity index (χ0v) is 12.3. The van der Waals surface area contributed by atoms with Crippen LogP contribution in [0, 0.1) is 0 Å². The molecule has 1 heterocycles. The minimum absolute atomic E-state index is 0.102. The minimum atomic E-state index is -0.394. The summed E-state index contributed by atoms with van der Waals surface area (Å²) in [5, 5.41) is 0. The maximum absolute atomic E-state index is 12.4. The van der Waals surface area contributed by atoms with Gasteiger partial charge in [-0.2, -0.15) is 0 Å². The van der Waals surface area contributed by atoms with Gasteiger partial charge in [0.05, 0.1) is 0 Å². The van der Waals surface area contributed by atoms with E-state index in [2.05, 4.69) is 11.8 Å². The van der Waals surface area contributed by atoms with E-state index in [1.807, 2.05) is 20.8 Å². The van der Waals surface area contributed by atoms with Crippen molar-refractivity contribution in [1.29, 1.82) is 0 Å². The molecule has 18 heavy (non-hydrogen) atoms. The lowest BCUT2D eigenvalue weighted by atomic mass is 9.80. The van der Waals surface area contributed by atoms with Gasteiger partial charge in [-0.3, -0.25) is 4.90 Å². The van der Waals surface area contributed by atoms with Crippen LogP contribution in [0.5, 0.6) is 0 Å². The average Bonchev–Trinajstić information content (AvgIpc) is 2.54. The zero-order chi connectivity index (χ0) is 13.4. The highest BCUT2D eigenvalue weighted by Crippen LogP contribution is 2.44. The summed E-state index contributed by atoms with van der Waals surface area (Å²) in [4.78, 5) is 14.5. The summed E-state index contributed by atoms with van der Waals surface area (Å²) < 4.78 is 5.61. The lowest BCUT2D eigenvalue weighted by molar-refractivity contribution is -0.00844. The van der Waals surface area contributed by atoms with E-state index in [4.69, 9.17) is 4.74 Å². The molecule has 0 aromatic heterocycles. The van der Waals surface area contributed by atoms with E-state index in [1.165, 1.54) is 19.3 Å². The fourth-order valence-corrected chi connectivity index (χ4v) is 3.58. The molecule has 1 amide bonds. The van der Waals surface area contributed by atoms with Gasteiger partial charge in [-0.1, -0.05) is 19.3 Å². The Kier molecular flexibility index (Phi) is 3.61. The van der Waals surface area contributed by atoms with E-state index in [1.54, 1.807) is 0 Å². The zero-order valence-electron chi connectivity index (χ0n) is 12.3. The van der Waals surface area contributed by atoms with Crippen LogP contribution >= 0.6 is 0 Å². The second-order valence-electron chi connectivity index (χ2n) is 7.02. The molecule has 0 bridgehead atoms. The summed E-state index contributed by atoms with van der Waals surface area (Å²) in [6.07, 6.45) is 8.34. The van der Waals surface area contributed by atoms with Crippen LogP contribution in [0.3, 0.4) is 0 Å². The summed E-state index contributed by atoms with van der Waals surface area (Å²) in [5.41, 5.74) is -0.282. The first-order chi connectivity index (χ1) is 8.34. The van der Waals surface area contributed by atoms with Crippen molar-refractivity contribution in [2.45, 2.75) is 89.8 Å². The van der Waals surface area contributed by atoms with E-state index in [-0.39, 0.29) is 11.6 Å². The van der Waals surface area contributed by atoms with Gasteiger partial charge < -0.3 is 4.74 Å². The molecule has 0 aromatic carbocycles. The fraction of sp³-hybridized carbons (Fsp3) is 0.933. The van der Waals surface area contributed by atoms with Gasteiger partial charge in [0, 0.05) is 11.6 Å². The Labute approximate surface area is 111 Å². The highest BCUT2D eigenvalue weighted by atomic mass is 16.6. The lowest BCUT2D eigenvalue weighted by Crippen LogP contribution is -2.52. The monoisotopic (exact) mass is 253 g/mol. The van der Waals surface area contributed by atoms with E-state index in [9.17, 15) is 4.79 Å². The van der Waals surface area contributed by atoms with E-state index < -0.39 is 5.60 Å². The summed E-state index contributed by atoms with van der Waals surface area (Å²) in [5.74, 6) is 0. The number of amides is 1. The van der Waals surface area contributed by atoms with Gasteiger partial charge in [-0.15, -0.1) is 0 Å². The maximum atomic E-state index is 12.4. The largest absolute Gasteiger partial charge is 0.444 e. The van der Waals surface area contributed by atoms with Gasteiger partial charge in [0.2, 0.25) is 0 Å². The van der Waals surface area contributed by atoms with Crippen molar-refractivity contribution in [3.05, 3.63) is 0 Å². The van der Waals surface area contributed by atoms with Crippen LogP contribution in [-0.4, -0.2) is 28.2 Å². The van der Waals surface area contributed by atoms with Crippen LogP contribution in [0.2, 0.25) is 0 Å². The van der Waals surface area contributed by atoms with Crippen molar-refractivity contribution >= 4 is 6.09 Å². The fourth-order valence-electron chi connectivity index (χ4n) is 3.58. The topological polar surface area (TPSA) is 29.5 Å². The number of nitrogens with zero attached hydrogens (tertiary/aromatic N) is 1. The molecular weight excluding hydrogens is 226 g/mol. The molecular formula is C15H27NO2. The Morgan fingerprint density at radius 2 is 1.78 bits per heavy atom. The third-order valence-corrected chi connectivity index (χ3v) is 4.35. The van der Waals surface area contributed by atoms with E-state index in [0.717, 1.165) is 25.7 Å². The number of ether oxygens (including phenoxy) is 1. The molecule has 1 aliphatic heterocycles. The van der Waals surface area contributed by atoms with Crippen LogP contribution in [0.15, 0.2) is 0 Å². The van der Waals surface area contributed by atoms with E-state index >= 15 is 0 Å². The number of hydrogen-bond acceptors (Lipinski definition) is 2. The van der Waals surface area contributed by atoms with Crippen molar-refractivity contribution in [2.75, 3.05) is 0 Å². The number of rotatable bonds is 0.